The van der Waals surface area contributed by atoms with Crippen LogP contribution in [-0.2, 0) is 0 Å². The molecule has 0 radical (unpaired) electrons. The van der Waals surface area contributed by atoms with E-state index in [0.717, 1.165) is 33.8 Å². The van der Waals surface area contributed by atoms with E-state index in [9.17, 15) is 5.11 Å². The Kier molecular flexibility index (Phi) is 5.46. The molecule has 4 nitrogen and oxygen atoms in total. The first-order chi connectivity index (χ1) is 12.2. The SMILES string of the molecule is CCN=c1scc(-c2ccccc2)n1N=C(CC)c1ccc(O)cc1. The van der Waals surface area contributed by atoms with Gasteiger partial charge in [0.1, 0.15) is 5.75 Å². The summed E-state index contributed by atoms with van der Waals surface area (Å²) in [5, 5.41) is 16.5. The van der Waals surface area contributed by atoms with Crippen LogP contribution >= 0.6 is 11.3 Å². The maximum absolute atomic E-state index is 9.52. The van der Waals surface area contributed by atoms with E-state index in [4.69, 9.17) is 5.10 Å². The number of hydrogen-bond acceptors (Lipinski definition) is 4. The number of aromatic hydroxyl groups is 1. The fourth-order valence-electron chi connectivity index (χ4n) is 2.55. The number of benzene rings is 2. The van der Waals surface area contributed by atoms with Gasteiger partial charge in [-0.1, -0.05) is 37.3 Å². The van der Waals surface area contributed by atoms with Crippen molar-refractivity contribution >= 4 is 17.0 Å². The number of thiazole rings is 1. The first-order valence-electron chi connectivity index (χ1n) is 8.36. The molecular formula is C20H21N3OS. The van der Waals surface area contributed by atoms with Crippen LogP contribution in [0.5, 0.6) is 5.75 Å². The van der Waals surface area contributed by atoms with Gasteiger partial charge >= 0.3 is 0 Å². The molecule has 0 aliphatic heterocycles. The number of rotatable bonds is 5. The predicted octanol–water partition coefficient (Wildman–Crippen LogP) is 4.51. The van der Waals surface area contributed by atoms with E-state index in [-0.39, 0.29) is 5.75 Å². The van der Waals surface area contributed by atoms with Crippen molar-refractivity contribution in [3.63, 3.8) is 0 Å². The van der Waals surface area contributed by atoms with E-state index in [2.05, 4.69) is 29.4 Å². The second kappa shape index (κ2) is 7.94. The summed E-state index contributed by atoms with van der Waals surface area (Å²) in [5.74, 6) is 0.258. The van der Waals surface area contributed by atoms with Gasteiger partial charge in [-0.25, -0.2) is 4.68 Å². The van der Waals surface area contributed by atoms with Crippen molar-refractivity contribution in [2.24, 2.45) is 10.1 Å². The molecule has 0 fully saturated rings. The van der Waals surface area contributed by atoms with Crippen molar-refractivity contribution in [2.45, 2.75) is 20.3 Å². The van der Waals surface area contributed by atoms with Crippen molar-refractivity contribution in [1.29, 1.82) is 0 Å². The highest BCUT2D eigenvalue weighted by Gasteiger charge is 2.09. The number of aromatic nitrogens is 1. The van der Waals surface area contributed by atoms with Gasteiger partial charge in [0.05, 0.1) is 11.4 Å². The van der Waals surface area contributed by atoms with Crippen LogP contribution in [0.4, 0.5) is 0 Å². The molecule has 3 rings (SSSR count). The lowest BCUT2D eigenvalue weighted by Gasteiger charge is -2.08. The molecular weight excluding hydrogens is 330 g/mol. The number of phenolic OH excluding ortho intramolecular Hbond substituents is 1. The van der Waals surface area contributed by atoms with E-state index in [1.54, 1.807) is 23.5 Å². The molecule has 0 aliphatic rings. The monoisotopic (exact) mass is 351 g/mol. The number of hydrogen-bond donors (Lipinski definition) is 1. The van der Waals surface area contributed by atoms with E-state index < -0.39 is 0 Å². The van der Waals surface area contributed by atoms with Crippen LogP contribution in [0, 0.1) is 0 Å². The highest BCUT2D eigenvalue weighted by atomic mass is 32.1. The molecule has 25 heavy (non-hydrogen) atoms. The van der Waals surface area contributed by atoms with Crippen molar-refractivity contribution in [3.05, 3.63) is 70.3 Å². The summed E-state index contributed by atoms with van der Waals surface area (Å²) < 4.78 is 1.93. The lowest BCUT2D eigenvalue weighted by molar-refractivity contribution is 0.475. The molecule has 2 aromatic carbocycles. The number of phenols is 1. The van der Waals surface area contributed by atoms with Gasteiger partial charge in [0.15, 0.2) is 0 Å². The van der Waals surface area contributed by atoms with E-state index >= 15 is 0 Å². The van der Waals surface area contributed by atoms with Crippen LogP contribution in [0.15, 0.2) is 70.1 Å². The van der Waals surface area contributed by atoms with Crippen LogP contribution in [-0.4, -0.2) is 22.0 Å². The predicted molar refractivity (Wildman–Crippen MR) is 104 cm³/mol. The lowest BCUT2D eigenvalue weighted by atomic mass is 10.1. The van der Waals surface area contributed by atoms with Crippen LogP contribution < -0.4 is 4.80 Å². The van der Waals surface area contributed by atoms with Gasteiger partial charge in [-0.2, -0.15) is 5.10 Å². The Hall–Kier alpha value is -2.66. The quantitative estimate of drug-likeness (QED) is 0.676. The van der Waals surface area contributed by atoms with Crippen molar-refractivity contribution in [2.75, 3.05) is 6.54 Å². The van der Waals surface area contributed by atoms with Gasteiger partial charge in [-0.3, -0.25) is 4.99 Å². The smallest absolute Gasteiger partial charge is 0.206 e. The minimum atomic E-state index is 0.258. The maximum atomic E-state index is 9.52. The molecule has 1 aromatic heterocycles. The molecule has 0 spiro atoms. The molecule has 1 heterocycles. The molecule has 0 unspecified atom stereocenters. The van der Waals surface area contributed by atoms with Gasteiger partial charge < -0.3 is 5.11 Å². The van der Waals surface area contributed by atoms with Crippen LogP contribution in [0.2, 0.25) is 0 Å². The van der Waals surface area contributed by atoms with Crippen LogP contribution in [0.3, 0.4) is 0 Å². The summed E-state index contributed by atoms with van der Waals surface area (Å²) in [6, 6.07) is 17.4. The highest BCUT2D eigenvalue weighted by molar-refractivity contribution is 7.07. The molecule has 0 amide bonds. The Morgan fingerprint density at radius 1 is 1.04 bits per heavy atom. The molecule has 0 atom stereocenters. The Balaban J connectivity index is 2.15. The standard InChI is InChI=1S/C20H21N3OS/c1-3-18(15-10-12-17(24)13-11-15)22-23-19(14-25-20(23)21-4-2)16-8-6-5-7-9-16/h5-14,24H,3-4H2,1-2H3. The number of nitrogens with zero attached hydrogens (tertiary/aromatic N) is 3. The topological polar surface area (TPSA) is 49.9 Å². The van der Waals surface area contributed by atoms with Gasteiger partial charge in [-0.15, -0.1) is 11.3 Å². The minimum Gasteiger partial charge on any atom is -0.508 e. The molecule has 5 heteroatoms. The molecule has 0 aliphatic carbocycles. The highest BCUT2D eigenvalue weighted by Crippen LogP contribution is 2.20. The van der Waals surface area contributed by atoms with Crippen LogP contribution in [0.1, 0.15) is 25.8 Å². The third-order valence-electron chi connectivity index (χ3n) is 3.80. The first kappa shape index (κ1) is 17.2. The molecule has 0 bridgehead atoms. The fraction of sp³-hybridized carbons (Fsp3) is 0.200. The van der Waals surface area contributed by atoms with Gasteiger partial charge in [0.2, 0.25) is 4.80 Å². The summed E-state index contributed by atoms with van der Waals surface area (Å²) >= 11 is 1.59. The molecule has 128 valence electrons. The zero-order valence-electron chi connectivity index (χ0n) is 14.4. The average molecular weight is 351 g/mol. The normalized spacial score (nSPS) is 12.6. The average Bonchev–Trinajstić information content (AvgIpc) is 3.04. The molecule has 0 saturated heterocycles. The van der Waals surface area contributed by atoms with Gasteiger partial charge in [0.25, 0.3) is 0 Å². The maximum Gasteiger partial charge on any atom is 0.206 e. The summed E-state index contributed by atoms with van der Waals surface area (Å²) in [4.78, 5) is 5.46. The van der Waals surface area contributed by atoms with Gasteiger partial charge in [0, 0.05) is 17.5 Å². The third kappa shape index (κ3) is 3.88. The summed E-state index contributed by atoms with van der Waals surface area (Å²) in [6.45, 7) is 4.82. The Morgan fingerprint density at radius 3 is 2.40 bits per heavy atom. The Labute approximate surface area is 151 Å². The Morgan fingerprint density at radius 2 is 1.76 bits per heavy atom. The second-order valence-electron chi connectivity index (χ2n) is 5.50. The van der Waals surface area contributed by atoms with Crippen molar-refractivity contribution in [1.82, 2.24) is 4.68 Å². The zero-order chi connectivity index (χ0) is 17.6. The Bertz CT molecular complexity index is 922. The third-order valence-corrected chi connectivity index (χ3v) is 4.66. The largest absolute Gasteiger partial charge is 0.508 e. The van der Waals surface area contributed by atoms with E-state index in [1.807, 2.05) is 41.9 Å². The molecule has 1 N–H and O–H groups in total. The van der Waals surface area contributed by atoms with Crippen molar-refractivity contribution in [3.8, 4) is 17.0 Å². The van der Waals surface area contributed by atoms with E-state index in [1.165, 1.54) is 0 Å². The summed E-state index contributed by atoms with van der Waals surface area (Å²) in [5.41, 5.74) is 4.09. The van der Waals surface area contributed by atoms with E-state index in [0.29, 0.717) is 6.54 Å². The first-order valence-corrected chi connectivity index (χ1v) is 9.24. The fourth-order valence-corrected chi connectivity index (χ4v) is 3.45. The second-order valence-corrected chi connectivity index (χ2v) is 6.34. The minimum absolute atomic E-state index is 0.258. The summed E-state index contributed by atoms with van der Waals surface area (Å²) in [6.07, 6.45) is 0.785. The van der Waals surface area contributed by atoms with Crippen LogP contribution in [0.25, 0.3) is 11.3 Å². The molecule has 0 saturated carbocycles. The lowest BCUT2D eigenvalue weighted by Crippen LogP contribution is -2.15. The van der Waals surface area contributed by atoms with Crippen molar-refractivity contribution < 1.29 is 5.11 Å². The summed E-state index contributed by atoms with van der Waals surface area (Å²) in [7, 11) is 0. The molecule has 3 aromatic rings. The van der Waals surface area contributed by atoms with Gasteiger partial charge in [-0.05, 0) is 43.2 Å². The zero-order valence-corrected chi connectivity index (χ0v) is 15.2.